The van der Waals surface area contributed by atoms with E-state index in [2.05, 4.69) is 34.2 Å². The maximum absolute atomic E-state index is 12.1. The van der Waals surface area contributed by atoms with Gasteiger partial charge in [0, 0.05) is 19.7 Å². The fourth-order valence-corrected chi connectivity index (χ4v) is 2.99. The molecule has 9 heteroatoms. The molecule has 0 unspecified atom stereocenters. The summed E-state index contributed by atoms with van der Waals surface area (Å²) < 4.78 is 41.0. The first-order valence-corrected chi connectivity index (χ1v) is 10.1. The second-order valence-corrected chi connectivity index (χ2v) is 7.15. The number of aliphatic hydroxyl groups excluding tert-OH is 1. The first-order chi connectivity index (χ1) is 13.8. The van der Waals surface area contributed by atoms with Gasteiger partial charge in [0.25, 0.3) is 0 Å². The highest BCUT2D eigenvalue weighted by Gasteiger charge is 2.27. The lowest BCUT2D eigenvalue weighted by atomic mass is 9.79. The Morgan fingerprint density at radius 2 is 1.63 bits per heavy atom. The highest BCUT2D eigenvalue weighted by molar-refractivity contribution is 14.0. The maximum atomic E-state index is 12.1. The van der Waals surface area contributed by atoms with Gasteiger partial charge in [0.2, 0.25) is 0 Å². The third-order valence-electron chi connectivity index (χ3n) is 5.09. The van der Waals surface area contributed by atoms with Gasteiger partial charge >= 0.3 is 6.18 Å². The van der Waals surface area contributed by atoms with E-state index in [0.29, 0.717) is 18.1 Å². The maximum Gasteiger partial charge on any atom is 0.411 e. The van der Waals surface area contributed by atoms with Crippen molar-refractivity contribution in [1.29, 1.82) is 0 Å². The number of nitrogens with one attached hydrogen (secondary N) is 2. The zero-order valence-electron chi connectivity index (χ0n) is 18.0. The van der Waals surface area contributed by atoms with E-state index in [-0.39, 0.29) is 42.6 Å². The molecular weight excluding hydrogens is 510 g/mol. The SMILES string of the molecule is CCNC(=NCc1ccc(COCC(F)(F)F)cc1)NCC(CC)(CC)CCO.I. The molecule has 0 aliphatic carbocycles. The molecule has 0 atom stereocenters. The predicted molar refractivity (Wildman–Crippen MR) is 125 cm³/mol. The zero-order chi connectivity index (χ0) is 21.8. The second kappa shape index (κ2) is 14.9. The molecule has 0 aromatic heterocycles. The van der Waals surface area contributed by atoms with Gasteiger partial charge in [-0.2, -0.15) is 13.2 Å². The lowest BCUT2D eigenvalue weighted by molar-refractivity contribution is -0.176. The third-order valence-corrected chi connectivity index (χ3v) is 5.09. The van der Waals surface area contributed by atoms with Gasteiger partial charge in [-0.15, -0.1) is 24.0 Å². The summed E-state index contributed by atoms with van der Waals surface area (Å²) in [6.07, 6.45) is -1.64. The molecule has 0 aliphatic rings. The molecule has 30 heavy (non-hydrogen) atoms. The normalized spacial score (nSPS) is 12.4. The van der Waals surface area contributed by atoms with Crippen LogP contribution in [0.1, 0.15) is 51.2 Å². The van der Waals surface area contributed by atoms with Crippen molar-refractivity contribution in [2.45, 2.75) is 59.4 Å². The van der Waals surface area contributed by atoms with Crippen molar-refractivity contribution in [3.63, 3.8) is 0 Å². The zero-order valence-corrected chi connectivity index (χ0v) is 20.3. The Balaban J connectivity index is 0.00000841. The molecule has 0 fully saturated rings. The molecule has 0 spiro atoms. The van der Waals surface area contributed by atoms with Gasteiger partial charge in [0.15, 0.2) is 5.96 Å². The van der Waals surface area contributed by atoms with E-state index in [0.717, 1.165) is 37.9 Å². The summed E-state index contributed by atoms with van der Waals surface area (Å²) in [5, 5.41) is 16.0. The summed E-state index contributed by atoms with van der Waals surface area (Å²) in [5.41, 5.74) is 1.67. The number of aliphatic imine (C=N–C) groups is 1. The Labute approximate surface area is 194 Å². The number of halogens is 4. The fraction of sp³-hybridized carbons (Fsp3) is 0.667. The first kappa shape index (κ1) is 28.9. The molecule has 0 saturated heterocycles. The molecule has 0 saturated carbocycles. The Bertz CT molecular complexity index is 607. The number of hydrogen-bond donors (Lipinski definition) is 3. The Kier molecular flexibility index (Phi) is 14.3. The molecular formula is C21H35F3IN3O2. The van der Waals surface area contributed by atoms with Crippen LogP contribution in [-0.2, 0) is 17.9 Å². The van der Waals surface area contributed by atoms with Gasteiger partial charge in [-0.1, -0.05) is 38.1 Å². The summed E-state index contributed by atoms with van der Waals surface area (Å²) in [6.45, 7) is 7.00. The average molecular weight is 545 g/mol. The van der Waals surface area contributed by atoms with Crippen molar-refractivity contribution in [1.82, 2.24) is 10.6 Å². The molecule has 5 nitrogen and oxygen atoms in total. The van der Waals surface area contributed by atoms with Crippen LogP contribution in [0.3, 0.4) is 0 Å². The fourth-order valence-electron chi connectivity index (χ4n) is 2.99. The van der Waals surface area contributed by atoms with Crippen LogP contribution in [0.4, 0.5) is 13.2 Å². The largest absolute Gasteiger partial charge is 0.411 e. The molecule has 0 heterocycles. The smallest absolute Gasteiger partial charge is 0.396 e. The lowest BCUT2D eigenvalue weighted by Gasteiger charge is -2.32. The van der Waals surface area contributed by atoms with Crippen LogP contribution >= 0.6 is 24.0 Å². The standard InChI is InChI=1S/C21H34F3N3O2.HI/c1-4-20(5-2,11-12-28)15-27-19(25-6-3)26-13-17-7-9-18(10-8-17)14-29-16-21(22,23)24;/h7-10,28H,4-6,11-16H2,1-3H3,(H2,25,26,27);1H. The summed E-state index contributed by atoms with van der Waals surface area (Å²) >= 11 is 0. The van der Waals surface area contributed by atoms with Crippen molar-refractivity contribution >= 4 is 29.9 Å². The minimum absolute atomic E-state index is 0. The van der Waals surface area contributed by atoms with Gasteiger partial charge < -0.3 is 20.5 Å². The minimum Gasteiger partial charge on any atom is -0.396 e. The quantitative estimate of drug-likeness (QED) is 0.204. The van der Waals surface area contributed by atoms with E-state index in [4.69, 9.17) is 0 Å². The topological polar surface area (TPSA) is 65.9 Å². The highest BCUT2D eigenvalue weighted by atomic mass is 127. The van der Waals surface area contributed by atoms with Crippen LogP contribution < -0.4 is 10.6 Å². The van der Waals surface area contributed by atoms with Gasteiger partial charge in [0.1, 0.15) is 6.61 Å². The highest BCUT2D eigenvalue weighted by Crippen LogP contribution is 2.29. The molecule has 0 bridgehead atoms. The lowest BCUT2D eigenvalue weighted by Crippen LogP contribution is -2.43. The molecule has 1 rings (SSSR count). The number of guanidine groups is 1. The number of nitrogens with zero attached hydrogens (tertiary/aromatic N) is 1. The number of rotatable bonds is 12. The van der Waals surface area contributed by atoms with Crippen molar-refractivity contribution in [3.8, 4) is 0 Å². The third kappa shape index (κ3) is 11.4. The molecule has 3 N–H and O–H groups in total. The van der Waals surface area contributed by atoms with E-state index in [1.165, 1.54) is 0 Å². The number of alkyl halides is 3. The van der Waals surface area contributed by atoms with Gasteiger partial charge in [-0.25, -0.2) is 4.99 Å². The van der Waals surface area contributed by atoms with Gasteiger partial charge in [-0.05, 0) is 42.7 Å². The van der Waals surface area contributed by atoms with Crippen molar-refractivity contribution in [3.05, 3.63) is 35.4 Å². The van der Waals surface area contributed by atoms with Crippen molar-refractivity contribution in [2.75, 3.05) is 26.3 Å². The van der Waals surface area contributed by atoms with Crippen LogP contribution in [0.5, 0.6) is 0 Å². The van der Waals surface area contributed by atoms with Gasteiger partial charge in [0.05, 0.1) is 13.2 Å². The minimum atomic E-state index is -4.31. The van der Waals surface area contributed by atoms with E-state index >= 15 is 0 Å². The summed E-state index contributed by atoms with van der Waals surface area (Å²) in [6, 6.07) is 7.19. The summed E-state index contributed by atoms with van der Waals surface area (Å²) in [4.78, 5) is 4.59. The molecule has 0 aliphatic heterocycles. The van der Waals surface area contributed by atoms with Gasteiger partial charge in [-0.3, -0.25) is 0 Å². The van der Waals surface area contributed by atoms with Crippen LogP contribution in [0.25, 0.3) is 0 Å². The number of hydrogen-bond acceptors (Lipinski definition) is 3. The average Bonchev–Trinajstić information content (AvgIpc) is 2.69. The van der Waals surface area contributed by atoms with E-state index in [9.17, 15) is 18.3 Å². The Morgan fingerprint density at radius 3 is 2.13 bits per heavy atom. The number of aliphatic hydroxyl groups is 1. The number of benzene rings is 1. The monoisotopic (exact) mass is 545 g/mol. The molecule has 1 aromatic carbocycles. The Morgan fingerprint density at radius 1 is 1.03 bits per heavy atom. The Hall–Kier alpha value is -1.07. The van der Waals surface area contributed by atoms with Crippen LogP contribution in [0.15, 0.2) is 29.3 Å². The number of ether oxygens (including phenoxy) is 1. The van der Waals surface area contributed by atoms with E-state index in [1.807, 2.05) is 19.1 Å². The first-order valence-electron chi connectivity index (χ1n) is 10.1. The van der Waals surface area contributed by atoms with Crippen molar-refractivity contribution < 1.29 is 23.0 Å². The van der Waals surface area contributed by atoms with E-state index < -0.39 is 12.8 Å². The van der Waals surface area contributed by atoms with Crippen LogP contribution in [-0.4, -0.2) is 43.5 Å². The molecule has 174 valence electrons. The molecule has 1 aromatic rings. The molecule has 0 amide bonds. The van der Waals surface area contributed by atoms with Crippen LogP contribution in [0.2, 0.25) is 0 Å². The predicted octanol–water partition coefficient (Wildman–Crippen LogP) is 4.63. The summed E-state index contributed by atoms with van der Waals surface area (Å²) in [7, 11) is 0. The van der Waals surface area contributed by atoms with E-state index in [1.54, 1.807) is 12.1 Å². The second-order valence-electron chi connectivity index (χ2n) is 7.15. The van der Waals surface area contributed by atoms with Crippen molar-refractivity contribution in [2.24, 2.45) is 10.4 Å². The molecule has 0 radical (unpaired) electrons. The van der Waals surface area contributed by atoms with Crippen LogP contribution in [0, 0.1) is 5.41 Å². The summed E-state index contributed by atoms with van der Waals surface area (Å²) in [5.74, 6) is 0.703.